The molecule has 1 aromatic rings. The Morgan fingerprint density at radius 1 is 1.04 bits per heavy atom. The number of phenols is 2. The zero-order chi connectivity index (χ0) is 19.1. The summed E-state index contributed by atoms with van der Waals surface area (Å²) in [5.41, 5.74) is 6.42. The van der Waals surface area contributed by atoms with E-state index in [2.05, 4.69) is 0 Å². The molecule has 7 nitrogen and oxygen atoms in total. The molecule has 0 saturated heterocycles. The fourth-order valence-electron chi connectivity index (χ4n) is 1.96. The Labute approximate surface area is 147 Å². The molecule has 0 amide bonds. The molecule has 1 unspecified atom stereocenters. The fraction of sp³-hybridized carbons (Fsp3) is 0.556. The average molecular weight is 353 g/mol. The minimum absolute atomic E-state index is 0.139. The number of ether oxygens (including phenoxy) is 2. The van der Waals surface area contributed by atoms with Gasteiger partial charge in [0.05, 0.1) is 5.92 Å². The van der Waals surface area contributed by atoms with Gasteiger partial charge >= 0.3 is 11.9 Å². The van der Waals surface area contributed by atoms with Crippen molar-refractivity contribution < 1.29 is 29.3 Å². The highest BCUT2D eigenvalue weighted by Crippen LogP contribution is 2.25. The largest absolute Gasteiger partial charge is 0.504 e. The summed E-state index contributed by atoms with van der Waals surface area (Å²) in [6.07, 6.45) is -0.417. The van der Waals surface area contributed by atoms with Gasteiger partial charge in [-0.05, 0) is 44.4 Å². The Balaban J connectivity index is 2.55. The van der Waals surface area contributed by atoms with Crippen molar-refractivity contribution in [2.75, 3.05) is 0 Å². The van der Waals surface area contributed by atoms with Crippen molar-refractivity contribution in [2.45, 2.75) is 58.8 Å². The number of nitrogens with two attached hydrogens (primary N) is 1. The smallest absolute Gasteiger partial charge is 0.323 e. The van der Waals surface area contributed by atoms with Crippen LogP contribution in [0.2, 0.25) is 0 Å². The van der Waals surface area contributed by atoms with Gasteiger partial charge in [0, 0.05) is 0 Å². The number of carbonyl (C=O) groups excluding carboxylic acids is 2. The molecule has 4 N–H and O–H groups in total. The molecule has 0 aliphatic heterocycles. The molecule has 0 saturated carbocycles. The molecule has 0 bridgehead atoms. The Morgan fingerprint density at radius 2 is 1.60 bits per heavy atom. The first-order valence-corrected chi connectivity index (χ1v) is 8.33. The van der Waals surface area contributed by atoms with E-state index in [4.69, 9.17) is 15.2 Å². The predicted octanol–water partition coefficient (Wildman–Crippen LogP) is 1.88. The van der Waals surface area contributed by atoms with Crippen LogP contribution in [0.4, 0.5) is 0 Å². The molecule has 0 spiro atoms. The van der Waals surface area contributed by atoms with Crippen molar-refractivity contribution in [3.05, 3.63) is 23.8 Å². The van der Waals surface area contributed by atoms with E-state index in [0.29, 0.717) is 12.0 Å². The van der Waals surface area contributed by atoms with E-state index in [-0.39, 0.29) is 29.8 Å². The highest BCUT2D eigenvalue weighted by Gasteiger charge is 2.25. The second kappa shape index (κ2) is 9.27. The minimum Gasteiger partial charge on any atom is -0.504 e. The molecule has 1 rings (SSSR count). The standard InChI is InChI=1S/C18H27NO6/c1-5-10(2)17(22)24-11(3)12(4)25-18(23)14(19)8-13-6-7-15(20)16(21)9-13/h6-7,9-12,14,20-21H,5,8,19H2,1-4H3/t10?,11-,12-,14-/m0/s1. The summed E-state index contributed by atoms with van der Waals surface area (Å²) in [4.78, 5) is 23.9. The molecule has 7 heteroatoms. The third-order valence-corrected chi connectivity index (χ3v) is 4.08. The lowest BCUT2D eigenvalue weighted by Gasteiger charge is -2.23. The van der Waals surface area contributed by atoms with Gasteiger partial charge in [-0.15, -0.1) is 0 Å². The van der Waals surface area contributed by atoms with Crippen LogP contribution in [-0.4, -0.2) is 40.4 Å². The van der Waals surface area contributed by atoms with Crippen LogP contribution >= 0.6 is 0 Å². The summed E-state index contributed by atoms with van der Waals surface area (Å²) in [5, 5.41) is 18.7. The van der Waals surface area contributed by atoms with Gasteiger partial charge in [-0.1, -0.05) is 19.9 Å². The van der Waals surface area contributed by atoms with Crippen molar-refractivity contribution in [2.24, 2.45) is 11.7 Å². The highest BCUT2D eigenvalue weighted by atomic mass is 16.6. The van der Waals surface area contributed by atoms with Crippen LogP contribution in [0.5, 0.6) is 11.5 Å². The predicted molar refractivity (Wildman–Crippen MR) is 92.0 cm³/mol. The summed E-state index contributed by atoms with van der Waals surface area (Å²) in [6.45, 7) is 6.95. The maximum atomic E-state index is 12.1. The molecule has 0 aromatic heterocycles. The van der Waals surface area contributed by atoms with Crippen molar-refractivity contribution in [3.8, 4) is 11.5 Å². The number of benzene rings is 1. The summed E-state index contributed by atoms with van der Waals surface area (Å²) in [5.74, 6) is -1.70. The maximum Gasteiger partial charge on any atom is 0.323 e. The van der Waals surface area contributed by atoms with Crippen molar-refractivity contribution >= 4 is 11.9 Å². The second-order valence-electron chi connectivity index (χ2n) is 6.23. The van der Waals surface area contributed by atoms with Gasteiger partial charge in [0.2, 0.25) is 0 Å². The molecule has 4 atom stereocenters. The van der Waals surface area contributed by atoms with Crippen molar-refractivity contribution in [1.82, 2.24) is 0 Å². The van der Waals surface area contributed by atoms with E-state index in [1.807, 2.05) is 6.92 Å². The normalized spacial score (nSPS) is 15.7. The SMILES string of the molecule is CCC(C)C(=O)O[C@@H](C)[C@H](C)OC(=O)[C@@H](N)Cc1ccc(O)c(O)c1. The number of phenolic OH excluding ortho intramolecular Hbond substituents is 2. The Morgan fingerprint density at radius 3 is 2.12 bits per heavy atom. The van der Waals surface area contributed by atoms with Gasteiger partial charge in [-0.3, -0.25) is 9.59 Å². The lowest BCUT2D eigenvalue weighted by molar-refractivity contribution is -0.168. The fourth-order valence-corrected chi connectivity index (χ4v) is 1.96. The Hall–Kier alpha value is -2.28. The van der Waals surface area contributed by atoms with Gasteiger partial charge in [-0.25, -0.2) is 0 Å². The highest BCUT2D eigenvalue weighted by molar-refractivity contribution is 5.76. The second-order valence-corrected chi connectivity index (χ2v) is 6.23. The third kappa shape index (κ3) is 6.26. The van der Waals surface area contributed by atoms with E-state index in [1.165, 1.54) is 12.1 Å². The van der Waals surface area contributed by atoms with Gasteiger partial charge in [0.15, 0.2) is 11.5 Å². The van der Waals surface area contributed by atoms with E-state index in [0.717, 1.165) is 0 Å². The van der Waals surface area contributed by atoms with Gasteiger partial charge < -0.3 is 25.4 Å². The summed E-state index contributed by atoms with van der Waals surface area (Å²) < 4.78 is 10.5. The first kappa shape index (κ1) is 20.8. The van der Waals surface area contributed by atoms with Gasteiger partial charge in [0.25, 0.3) is 0 Å². The molecule has 0 fully saturated rings. The third-order valence-electron chi connectivity index (χ3n) is 4.08. The molecular weight excluding hydrogens is 326 g/mol. The van der Waals surface area contributed by atoms with Crippen LogP contribution in [0, 0.1) is 5.92 Å². The van der Waals surface area contributed by atoms with E-state index < -0.39 is 24.2 Å². The lowest BCUT2D eigenvalue weighted by atomic mass is 10.1. The van der Waals surface area contributed by atoms with E-state index in [1.54, 1.807) is 26.8 Å². The number of carbonyl (C=O) groups is 2. The number of esters is 2. The van der Waals surface area contributed by atoms with Crippen LogP contribution in [-0.2, 0) is 25.5 Å². The number of hydrogen-bond donors (Lipinski definition) is 3. The first-order valence-electron chi connectivity index (χ1n) is 8.33. The first-order chi connectivity index (χ1) is 11.6. The molecule has 1 aromatic carbocycles. The molecule has 140 valence electrons. The molecule has 0 aliphatic carbocycles. The summed E-state index contributed by atoms with van der Waals surface area (Å²) >= 11 is 0. The van der Waals surface area contributed by atoms with Crippen LogP contribution in [0.3, 0.4) is 0 Å². The van der Waals surface area contributed by atoms with E-state index in [9.17, 15) is 19.8 Å². The van der Waals surface area contributed by atoms with Crippen molar-refractivity contribution in [1.29, 1.82) is 0 Å². The molecule has 25 heavy (non-hydrogen) atoms. The maximum absolute atomic E-state index is 12.1. The van der Waals surface area contributed by atoms with Gasteiger partial charge in [0.1, 0.15) is 18.2 Å². The number of hydrogen-bond acceptors (Lipinski definition) is 7. The lowest BCUT2D eigenvalue weighted by Crippen LogP contribution is -2.39. The quantitative estimate of drug-likeness (QED) is 0.482. The monoisotopic (exact) mass is 353 g/mol. The Bertz CT molecular complexity index is 603. The van der Waals surface area contributed by atoms with Gasteiger partial charge in [-0.2, -0.15) is 0 Å². The average Bonchev–Trinajstić information content (AvgIpc) is 2.56. The van der Waals surface area contributed by atoms with Crippen LogP contribution < -0.4 is 5.73 Å². The topological polar surface area (TPSA) is 119 Å². The summed E-state index contributed by atoms with van der Waals surface area (Å²) in [6, 6.07) is 3.27. The number of aromatic hydroxyl groups is 2. The zero-order valence-electron chi connectivity index (χ0n) is 15.1. The Kier molecular flexibility index (Phi) is 7.70. The minimum atomic E-state index is -0.941. The summed E-state index contributed by atoms with van der Waals surface area (Å²) in [7, 11) is 0. The van der Waals surface area contributed by atoms with Crippen LogP contribution in [0.25, 0.3) is 0 Å². The molecule has 0 radical (unpaired) electrons. The number of rotatable bonds is 8. The van der Waals surface area contributed by atoms with Crippen molar-refractivity contribution in [3.63, 3.8) is 0 Å². The molecule has 0 heterocycles. The molecular formula is C18H27NO6. The molecule has 0 aliphatic rings. The van der Waals surface area contributed by atoms with E-state index >= 15 is 0 Å². The zero-order valence-corrected chi connectivity index (χ0v) is 15.1. The van der Waals surface area contributed by atoms with Crippen LogP contribution in [0.15, 0.2) is 18.2 Å². The van der Waals surface area contributed by atoms with Crippen LogP contribution in [0.1, 0.15) is 39.7 Å².